The van der Waals surface area contributed by atoms with E-state index in [1.54, 1.807) is 0 Å². The van der Waals surface area contributed by atoms with Gasteiger partial charge in [0.15, 0.2) is 5.82 Å². The number of hydrogen-bond acceptors (Lipinski definition) is 4. The third kappa shape index (κ3) is 4.35. The average Bonchev–Trinajstić information content (AvgIpc) is 2.67. The first-order valence-corrected chi connectivity index (χ1v) is 8.60. The fourth-order valence-corrected chi connectivity index (χ4v) is 2.51. The predicted octanol–water partition coefficient (Wildman–Crippen LogP) is 4.98. The minimum absolute atomic E-state index is 0.547. The summed E-state index contributed by atoms with van der Waals surface area (Å²) in [6, 6.07) is 22.3. The van der Waals surface area contributed by atoms with Gasteiger partial charge in [0.1, 0.15) is 11.6 Å². The Morgan fingerprint density at radius 1 is 0.920 bits per heavy atom. The third-order valence-electron chi connectivity index (χ3n) is 3.92. The molecule has 0 aliphatic carbocycles. The molecule has 3 aromatic rings. The molecule has 0 aliphatic rings. The van der Waals surface area contributed by atoms with Crippen LogP contribution in [0.25, 0.3) is 11.4 Å². The molecular formula is C21H24N4. The molecule has 0 aliphatic heterocycles. The topological polar surface area (TPSA) is 41.0 Å². The quantitative estimate of drug-likeness (QED) is 0.691. The van der Waals surface area contributed by atoms with E-state index in [4.69, 9.17) is 9.97 Å². The number of hydrogen-bond donors (Lipinski definition) is 1. The lowest BCUT2D eigenvalue weighted by atomic mass is 10.2. The highest BCUT2D eigenvalue weighted by molar-refractivity contribution is 5.66. The van der Waals surface area contributed by atoms with E-state index in [1.165, 1.54) is 0 Å². The lowest BCUT2D eigenvalue weighted by Gasteiger charge is -2.20. The van der Waals surface area contributed by atoms with Crippen LogP contribution in [0.15, 0.2) is 66.7 Å². The summed E-state index contributed by atoms with van der Waals surface area (Å²) in [6.07, 6.45) is 0. The van der Waals surface area contributed by atoms with Crippen molar-refractivity contribution in [2.75, 3.05) is 23.8 Å². The molecule has 1 N–H and O–H groups in total. The van der Waals surface area contributed by atoms with Gasteiger partial charge in [-0.25, -0.2) is 9.97 Å². The van der Waals surface area contributed by atoms with Crippen LogP contribution in [0.1, 0.15) is 13.8 Å². The Balaban J connectivity index is 2.00. The van der Waals surface area contributed by atoms with Crippen LogP contribution in [0.3, 0.4) is 0 Å². The van der Waals surface area contributed by atoms with Gasteiger partial charge in [-0.05, 0) is 18.1 Å². The summed E-state index contributed by atoms with van der Waals surface area (Å²) in [7, 11) is 2.03. The number of aromatic nitrogens is 2. The van der Waals surface area contributed by atoms with Gasteiger partial charge in [0.2, 0.25) is 0 Å². The molecular weight excluding hydrogens is 308 g/mol. The standard InChI is InChI=1S/C21H24N4/c1-16(2)15-22-19-14-20(25(3)18-12-8-5-9-13-18)24-21(23-19)17-10-6-4-7-11-17/h4-14,16H,15H2,1-3H3,(H,22,23,24). The molecule has 2 aromatic carbocycles. The molecule has 4 heteroatoms. The van der Waals surface area contributed by atoms with Gasteiger partial charge in [-0.2, -0.15) is 0 Å². The monoisotopic (exact) mass is 332 g/mol. The van der Waals surface area contributed by atoms with Crippen LogP contribution in [-0.2, 0) is 0 Å². The van der Waals surface area contributed by atoms with Gasteiger partial charge in [-0.1, -0.05) is 62.4 Å². The fourth-order valence-electron chi connectivity index (χ4n) is 2.51. The van der Waals surface area contributed by atoms with Crippen LogP contribution in [0, 0.1) is 5.92 Å². The molecule has 1 heterocycles. The molecule has 128 valence electrons. The Bertz CT molecular complexity index is 801. The molecule has 0 radical (unpaired) electrons. The molecule has 3 rings (SSSR count). The highest BCUT2D eigenvalue weighted by Gasteiger charge is 2.11. The number of rotatable bonds is 6. The van der Waals surface area contributed by atoms with E-state index < -0.39 is 0 Å². The molecule has 0 unspecified atom stereocenters. The maximum atomic E-state index is 4.78. The van der Waals surface area contributed by atoms with Crippen molar-refractivity contribution in [1.29, 1.82) is 0 Å². The van der Waals surface area contributed by atoms with Gasteiger partial charge in [0, 0.05) is 30.9 Å². The number of para-hydroxylation sites is 1. The molecule has 4 nitrogen and oxygen atoms in total. The van der Waals surface area contributed by atoms with Crippen LogP contribution in [0.5, 0.6) is 0 Å². The number of anilines is 3. The second kappa shape index (κ2) is 7.79. The SMILES string of the molecule is CC(C)CNc1cc(N(C)c2ccccc2)nc(-c2ccccc2)n1. The second-order valence-corrected chi connectivity index (χ2v) is 6.47. The molecule has 0 fully saturated rings. The summed E-state index contributed by atoms with van der Waals surface area (Å²) >= 11 is 0. The van der Waals surface area contributed by atoms with Gasteiger partial charge in [0.05, 0.1) is 0 Å². The largest absolute Gasteiger partial charge is 0.370 e. The predicted molar refractivity (Wildman–Crippen MR) is 105 cm³/mol. The van der Waals surface area contributed by atoms with Gasteiger partial charge in [-0.3, -0.25) is 0 Å². The van der Waals surface area contributed by atoms with Crippen molar-refractivity contribution in [2.45, 2.75) is 13.8 Å². The molecule has 25 heavy (non-hydrogen) atoms. The molecule has 0 saturated carbocycles. The Kier molecular flexibility index (Phi) is 5.29. The zero-order valence-electron chi connectivity index (χ0n) is 15.0. The average molecular weight is 332 g/mol. The lowest BCUT2D eigenvalue weighted by molar-refractivity contribution is 0.687. The van der Waals surface area contributed by atoms with Crippen LogP contribution in [0.4, 0.5) is 17.3 Å². The maximum Gasteiger partial charge on any atom is 0.163 e. The smallest absolute Gasteiger partial charge is 0.163 e. The van der Waals surface area contributed by atoms with Gasteiger partial charge >= 0.3 is 0 Å². The third-order valence-corrected chi connectivity index (χ3v) is 3.92. The molecule has 0 spiro atoms. The first-order chi connectivity index (χ1) is 12.1. The molecule has 0 amide bonds. The Hall–Kier alpha value is -2.88. The number of benzene rings is 2. The fraction of sp³-hybridized carbons (Fsp3) is 0.238. The van der Waals surface area contributed by atoms with Crippen LogP contribution in [-0.4, -0.2) is 23.6 Å². The molecule has 0 atom stereocenters. The summed E-state index contributed by atoms with van der Waals surface area (Å²) in [4.78, 5) is 11.6. The van der Waals surface area contributed by atoms with E-state index in [0.717, 1.165) is 35.3 Å². The van der Waals surface area contributed by atoms with E-state index in [-0.39, 0.29) is 0 Å². The Morgan fingerprint density at radius 3 is 2.20 bits per heavy atom. The van der Waals surface area contributed by atoms with Crippen LogP contribution < -0.4 is 10.2 Å². The lowest BCUT2D eigenvalue weighted by Crippen LogP contribution is -2.14. The van der Waals surface area contributed by atoms with Crippen molar-refractivity contribution < 1.29 is 0 Å². The first kappa shape index (κ1) is 17.0. The van der Waals surface area contributed by atoms with Crippen molar-refractivity contribution in [3.8, 4) is 11.4 Å². The van der Waals surface area contributed by atoms with Crippen LogP contribution in [0.2, 0.25) is 0 Å². The number of nitrogens with zero attached hydrogens (tertiary/aromatic N) is 3. The van der Waals surface area contributed by atoms with E-state index in [1.807, 2.05) is 61.6 Å². The van der Waals surface area contributed by atoms with Gasteiger partial charge < -0.3 is 10.2 Å². The summed E-state index contributed by atoms with van der Waals surface area (Å²) in [6.45, 7) is 5.24. The van der Waals surface area contributed by atoms with E-state index in [2.05, 4.69) is 36.2 Å². The van der Waals surface area contributed by atoms with Crippen molar-refractivity contribution in [3.63, 3.8) is 0 Å². The summed E-state index contributed by atoms with van der Waals surface area (Å²) in [5.74, 6) is 2.99. The Labute approximate surface area is 149 Å². The summed E-state index contributed by atoms with van der Waals surface area (Å²) < 4.78 is 0. The van der Waals surface area contributed by atoms with Crippen molar-refractivity contribution in [2.24, 2.45) is 5.92 Å². The van der Waals surface area contributed by atoms with E-state index in [9.17, 15) is 0 Å². The van der Waals surface area contributed by atoms with E-state index in [0.29, 0.717) is 5.92 Å². The maximum absolute atomic E-state index is 4.78. The minimum atomic E-state index is 0.547. The van der Waals surface area contributed by atoms with E-state index >= 15 is 0 Å². The summed E-state index contributed by atoms with van der Waals surface area (Å²) in [5.41, 5.74) is 2.11. The zero-order valence-corrected chi connectivity index (χ0v) is 15.0. The van der Waals surface area contributed by atoms with Gasteiger partial charge in [0.25, 0.3) is 0 Å². The van der Waals surface area contributed by atoms with Crippen LogP contribution >= 0.6 is 0 Å². The minimum Gasteiger partial charge on any atom is -0.370 e. The Morgan fingerprint density at radius 2 is 1.56 bits per heavy atom. The molecule has 0 saturated heterocycles. The zero-order chi connectivity index (χ0) is 17.6. The molecule has 1 aromatic heterocycles. The highest BCUT2D eigenvalue weighted by atomic mass is 15.2. The normalized spacial score (nSPS) is 10.7. The second-order valence-electron chi connectivity index (χ2n) is 6.47. The van der Waals surface area contributed by atoms with Crippen molar-refractivity contribution in [1.82, 2.24) is 9.97 Å². The first-order valence-electron chi connectivity index (χ1n) is 8.60. The van der Waals surface area contributed by atoms with Crippen molar-refractivity contribution >= 4 is 17.3 Å². The highest BCUT2D eigenvalue weighted by Crippen LogP contribution is 2.26. The van der Waals surface area contributed by atoms with Gasteiger partial charge in [-0.15, -0.1) is 0 Å². The summed E-state index contributed by atoms with van der Waals surface area (Å²) in [5, 5.41) is 3.42. The number of nitrogens with one attached hydrogen (secondary N) is 1. The van der Waals surface area contributed by atoms with Crippen molar-refractivity contribution in [3.05, 3.63) is 66.7 Å². The molecule has 0 bridgehead atoms.